The number of benzene rings is 1. The SMILES string of the molecule is N#Cc1cccc(-c2nc(CC3CCCNC3)no2)c1. The first-order valence-corrected chi connectivity index (χ1v) is 6.89. The number of rotatable bonds is 3. The minimum absolute atomic E-state index is 0.487. The van der Waals surface area contributed by atoms with Crippen LogP contribution in [-0.2, 0) is 6.42 Å². The Balaban J connectivity index is 1.74. The quantitative estimate of drug-likeness (QED) is 0.923. The van der Waals surface area contributed by atoms with Crippen LogP contribution in [0.4, 0.5) is 0 Å². The zero-order valence-electron chi connectivity index (χ0n) is 11.2. The fraction of sp³-hybridized carbons (Fsp3) is 0.400. The molecule has 20 heavy (non-hydrogen) atoms. The highest BCUT2D eigenvalue weighted by molar-refractivity contribution is 5.55. The second kappa shape index (κ2) is 5.85. The smallest absolute Gasteiger partial charge is 0.257 e. The van der Waals surface area contributed by atoms with Crippen LogP contribution in [0.15, 0.2) is 28.8 Å². The maximum Gasteiger partial charge on any atom is 0.257 e. The molecular weight excluding hydrogens is 252 g/mol. The standard InChI is InChI=1S/C15H16N4O/c16-9-11-3-1-5-13(7-11)15-18-14(19-20-15)8-12-4-2-6-17-10-12/h1,3,5,7,12,17H,2,4,6,8,10H2. The molecule has 1 saturated heterocycles. The molecule has 1 aromatic heterocycles. The van der Waals surface area contributed by atoms with Crippen molar-refractivity contribution >= 4 is 0 Å². The molecule has 1 aromatic carbocycles. The molecule has 102 valence electrons. The van der Waals surface area contributed by atoms with Crippen LogP contribution in [0.25, 0.3) is 11.5 Å². The Morgan fingerprint density at radius 3 is 3.20 bits per heavy atom. The summed E-state index contributed by atoms with van der Waals surface area (Å²) in [6.45, 7) is 2.13. The van der Waals surface area contributed by atoms with E-state index >= 15 is 0 Å². The topological polar surface area (TPSA) is 74.7 Å². The van der Waals surface area contributed by atoms with Crippen molar-refractivity contribution < 1.29 is 4.52 Å². The largest absolute Gasteiger partial charge is 0.334 e. The van der Waals surface area contributed by atoms with Crippen LogP contribution >= 0.6 is 0 Å². The molecule has 1 unspecified atom stereocenters. The molecule has 2 aromatic rings. The van der Waals surface area contributed by atoms with Gasteiger partial charge in [-0.15, -0.1) is 0 Å². The molecular formula is C15H16N4O. The van der Waals surface area contributed by atoms with Crippen molar-refractivity contribution in [2.75, 3.05) is 13.1 Å². The Kier molecular flexibility index (Phi) is 3.75. The average molecular weight is 268 g/mol. The van der Waals surface area contributed by atoms with Crippen molar-refractivity contribution in [2.45, 2.75) is 19.3 Å². The van der Waals surface area contributed by atoms with Gasteiger partial charge in [-0.2, -0.15) is 10.2 Å². The molecule has 5 heteroatoms. The number of aromatic nitrogens is 2. The molecule has 1 aliphatic heterocycles. The van der Waals surface area contributed by atoms with Crippen LogP contribution in [0.2, 0.25) is 0 Å². The van der Waals surface area contributed by atoms with Gasteiger partial charge in [0, 0.05) is 12.0 Å². The van der Waals surface area contributed by atoms with Crippen LogP contribution in [0.3, 0.4) is 0 Å². The van der Waals surface area contributed by atoms with Crippen molar-refractivity contribution in [1.29, 1.82) is 5.26 Å². The van der Waals surface area contributed by atoms with Crippen molar-refractivity contribution in [3.8, 4) is 17.5 Å². The summed E-state index contributed by atoms with van der Waals surface area (Å²) >= 11 is 0. The third-order valence-electron chi connectivity index (χ3n) is 3.58. The van der Waals surface area contributed by atoms with E-state index in [2.05, 4.69) is 21.5 Å². The average Bonchev–Trinajstić information content (AvgIpc) is 2.97. The molecule has 0 bridgehead atoms. The number of piperidine rings is 1. The fourth-order valence-electron chi connectivity index (χ4n) is 2.53. The first-order chi connectivity index (χ1) is 9.85. The summed E-state index contributed by atoms with van der Waals surface area (Å²) in [7, 11) is 0. The second-order valence-corrected chi connectivity index (χ2v) is 5.12. The summed E-state index contributed by atoms with van der Waals surface area (Å²) in [6.07, 6.45) is 3.26. The molecule has 0 spiro atoms. The fourth-order valence-corrected chi connectivity index (χ4v) is 2.53. The maximum atomic E-state index is 8.91. The van der Waals surface area contributed by atoms with Crippen LogP contribution in [-0.4, -0.2) is 23.2 Å². The molecule has 1 N–H and O–H groups in total. The number of nitrogens with zero attached hydrogens (tertiary/aromatic N) is 3. The summed E-state index contributed by atoms with van der Waals surface area (Å²) < 4.78 is 5.30. The summed E-state index contributed by atoms with van der Waals surface area (Å²) in [4.78, 5) is 4.44. The van der Waals surface area contributed by atoms with Crippen LogP contribution in [0.5, 0.6) is 0 Å². The van der Waals surface area contributed by atoms with E-state index in [1.807, 2.05) is 12.1 Å². The predicted molar refractivity (Wildman–Crippen MR) is 73.7 cm³/mol. The van der Waals surface area contributed by atoms with Crippen LogP contribution in [0.1, 0.15) is 24.2 Å². The van der Waals surface area contributed by atoms with Gasteiger partial charge < -0.3 is 9.84 Å². The zero-order valence-corrected chi connectivity index (χ0v) is 11.2. The molecule has 0 amide bonds. The van der Waals surface area contributed by atoms with Gasteiger partial charge in [-0.3, -0.25) is 0 Å². The van der Waals surface area contributed by atoms with Gasteiger partial charge in [-0.1, -0.05) is 11.2 Å². The van der Waals surface area contributed by atoms with E-state index in [1.165, 1.54) is 12.8 Å². The molecule has 1 aliphatic rings. The Labute approximate surface area is 117 Å². The Morgan fingerprint density at radius 1 is 1.45 bits per heavy atom. The van der Waals surface area contributed by atoms with E-state index in [-0.39, 0.29) is 0 Å². The van der Waals surface area contributed by atoms with E-state index in [0.29, 0.717) is 17.4 Å². The lowest BCUT2D eigenvalue weighted by molar-refractivity contribution is 0.360. The molecule has 1 atom stereocenters. The molecule has 0 radical (unpaired) electrons. The van der Waals surface area contributed by atoms with Gasteiger partial charge in [0.1, 0.15) is 0 Å². The monoisotopic (exact) mass is 268 g/mol. The van der Waals surface area contributed by atoms with Gasteiger partial charge in [0.2, 0.25) is 0 Å². The van der Waals surface area contributed by atoms with Gasteiger partial charge >= 0.3 is 0 Å². The van der Waals surface area contributed by atoms with Gasteiger partial charge in [-0.25, -0.2) is 0 Å². The van der Waals surface area contributed by atoms with Gasteiger partial charge in [0.15, 0.2) is 5.82 Å². The number of hydrogen-bond donors (Lipinski definition) is 1. The summed E-state index contributed by atoms with van der Waals surface area (Å²) in [6, 6.07) is 9.33. The van der Waals surface area contributed by atoms with Crippen molar-refractivity contribution in [2.24, 2.45) is 5.92 Å². The summed E-state index contributed by atoms with van der Waals surface area (Å²) in [5, 5.41) is 16.3. The molecule has 5 nitrogen and oxygen atoms in total. The lowest BCUT2D eigenvalue weighted by atomic mass is 9.96. The minimum Gasteiger partial charge on any atom is -0.334 e. The van der Waals surface area contributed by atoms with E-state index in [4.69, 9.17) is 9.78 Å². The Morgan fingerprint density at radius 2 is 2.40 bits per heavy atom. The predicted octanol–water partition coefficient (Wildman–Crippen LogP) is 2.15. The van der Waals surface area contributed by atoms with E-state index in [9.17, 15) is 0 Å². The normalized spacial score (nSPS) is 18.6. The van der Waals surface area contributed by atoms with Crippen molar-refractivity contribution in [3.63, 3.8) is 0 Å². The molecule has 0 aliphatic carbocycles. The van der Waals surface area contributed by atoms with E-state index in [1.54, 1.807) is 12.1 Å². The van der Waals surface area contributed by atoms with Crippen LogP contribution < -0.4 is 5.32 Å². The molecule has 2 heterocycles. The van der Waals surface area contributed by atoms with E-state index < -0.39 is 0 Å². The van der Waals surface area contributed by atoms with E-state index in [0.717, 1.165) is 30.9 Å². The number of nitrogens with one attached hydrogen (secondary N) is 1. The lowest BCUT2D eigenvalue weighted by Gasteiger charge is -2.20. The number of nitriles is 1. The maximum absolute atomic E-state index is 8.91. The molecule has 0 saturated carbocycles. The van der Waals surface area contributed by atoms with Gasteiger partial charge in [-0.05, 0) is 50.0 Å². The van der Waals surface area contributed by atoms with Crippen LogP contribution in [0, 0.1) is 17.2 Å². The van der Waals surface area contributed by atoms with Gasteiger partial charge in [0.05, 0.1) is 11.6 Å². The lowest BCUT2D eigenvalue weighted by Crippen LogP contribution is -2.31. The first-order valence-electron chi connectivity index (χ1n) is 6.89. The number of hydrogen-bond acceptors (Lipinski definition) is 5. The Hall–Kier alpha value is -2.19. The third-order valence-corrected chi connectivity index (χ3v) is 3.58. The van der Waals surface area contributed by atoms with Crippen molar-refractivity contribution in [3.05, 3.63) is 35.7 Å². The molecule has 1 fully saturated rings. The summed E-state index contributed by atoms with van der Waals surface area (Å²) in [5.74, 6) is 1.82. The third kappa shape index (κ3) is 2.86. The minimum atomic E-state index is 0.487. The van der Waals surface area contributed by atoms with Gasteiger partial charge in [0.25, 0.3) is 5.89 Å². The second-order valence-electron chi connectivity index (χ2n) is 5.12. The Bertz CT molecular complexity index is 623. The molecule has 3 rings (SSSR count). The highest BCUT2D eigenvalue weighted by atomic mass is 16.5. The highest BCUT2D eigenvalue weighted by Gasteiger charge is 2.17. The summed E-state index contributed by atoms with van der Waals surface area (Å²) in [5.41, 5.74) is 1.39. The first kappa shape index (κ1) is 12.8. The zero-order chi connectivity index (χ0) is 13.8. The van der Waals surface area contributed by atoms with Crippen molar-refractivity contribution in [1.82, 2.24) is 15.5 Å². The highest BCUT2D eigenvalue weighted by Crippen LogP contribution is 2.20.